The van der Waals surface area contributed by atoms with Gasteiger partial charge in [0.25, 0.3) is 5.91 Å². The molecule has 1 fully saturated rings. The van der Waals surface area contributed by atoms with E-state index in [1.807, 2.05) is 11.0 Å². The Hall–Kier alpha value is -5.04. The van der Waals surface area contributed by atoms with Gasteiger partial charge in [0.15, 0.2) is 5.75 Å². The van der Waals surface area contributed by atoms with Gasteiger partial charge in [-0.1, -0.05) is 30.3 Å². The van der Waals surface area contributed by atoms with E-state index in [1.165, 1.54) is 23.2 Å². The molecular weight excluding hydrogens is 680 g/mol. The highest BCUT2D eigenvalue weighted by atomic mass is 31.2. The number of amides is 2. The quantitative estimate of drug-likeness (QED) is 0.148. The van der Waals surface area contributed by atoms with Gasteiger partial charge in [0.05, 0.1) is 24.9 Å². The molecular formula is C36H39FN5O8P. The summed E-state index contributed by atoms with van der Waals surface area (Å²) in [5, 5.41) is 14.4. The van der Waals surface area contributed by atoms with Crippen LogP contribution in [0, 0.1) is 5.82 Å². The van der Waals surface area contributed by atoms with Gasteiger partial charge in [0.2, 0.25) is 0 Å². The van der Waals surface area contributed by atoms with Gasteiger partial charge < -0.3 is 28.9 Å². The average Bonchev–Trinajstić information content (AvgIpc) is 3.46. The Morgan fingerprint density at radius 1 is 1.04 bits per heavy atom. The molecule has 3 heterocycles. The number of pyridine rings is 1. The number of halogens is 1. The Balaban J connectivity index is 1.12. The standard InChI is InChI=1S/C36H39FN5O8P/c1-3-48-35(45)24(2)39-51(47,50-27-8-5-4-6-9-27)21-20-40-16-18-41(19-17-40)36(46)49-33-28-10-7-15-38-31(28)32(43)30-29(33)23-42(34(30)44)22-25-11-13-26(37)14-12-25/h4-15,24,43H,3,16-23H2,1-2H3,(H,39,47)/t24-,51?/m0/s1. The van der Waals surface area contributed by atoms with E-state index >= 15 is 0 Å². The van der Waals surface area contributed by atoms with Gasteiger partial charge in [-0.05, 0) is 55.8 Å². The summed E-state index contributed by atoms with van der Waals surface area (Å²) in [6.07, 6.45) is 0.947. The second-order valence-electron chi connectivity index (χ2n) is 12.3. The number of hydrogen-bond donors (Lipinski definition) is 2. The van der Waals surface area contributed by atoms with Crippen LogP contribution in [0.2, 0.25) is 0 Å². The predicted octanol–water partition coefficient (Wildman–Crippen LogP) is 5.17. The Morgan fingerprint density at radius 3 is 2.47 bits per heavy atom. The number of phenolic OH excluding ortho intramolecular Hbond substituents is 1. The number of nitrogens with zero attached hydrogens (tertiary/aromatic N) is 4. The summed E-state index contributed by atoms with van der Waals surface area (Å²) < 4.78 is 44.5. The maximum absolute atomic E-state index is 14.0. The molecule has 0 radical (unpaired) electrons. The smallest absolute Gasteiger partial charge is 0.415 e. The third-order valence-electron chi connectivity index (χ3n) is 8.78. The maximum atomic E-state index is 14.0. The first-order chi connectivity index (χ1) is 24.5. The van der Waals surface area contributed by atoms with Crippen LogP contribution >= 0.6 is 7.52 Å². The summed E-state index contributed by atoms with van der Waals surface area (Å²) in [4.78, 5) is 48.8. The highest BCUT2D eigenvalue weighted by Crippen LogP contribution is 2.45. The molecule has 1 unspecified atom stereocenters. The summed E-state index contributed by atoms with van der Waals surface area (Å²) in [5.41, 5.74) is 1.21. The number of aromatic hydroxyl groups is 1. The Kier molecular flexibility index (Phi) is 10.8. The molecule has 0 spiro atoms. The number of esters is 1. The molecule has 2 atom stereocenters. The fourth-order valence-corrected chi connectivity index (χ4v) is 8.13. The molecule has 2 N–H and O–H groups in total. The number of piperazine rings is 1. The van der Waals surface area contributed by atoms with Crippen LogP contribution in [-0.2, 0) is 27.2 Å². The number of ether oxygens (including phenoxy) is 2. The summed E-state index contributed by atoms with van der Waals surface area (Å²) >= 11 is 0. The number of fused-ring (bicyclic) bond motifs is 2. The van der Waals surface area contributed by atoms with Crippen molar-refractivity contribution in [3.05, 3.63) is 95.4 Å². The number of benzene rings is 3. The topological polar surface area (TPSA) is 151 Å². The first-order valence-electron chi connectivity index (χ1n) is 16.7. The lowest BCUT2D eigenvalue weighted by atomic mass is 10.0. The number of carbonyl (C=O) groups is 3. The highest BCUT2D eigenvalue weighted by molar-refractivity contribution is 7.57. The molecule has 3 aromatic carbocycles. The van der Waals surface area contributed by atoms with E-state index in [0.29, 0.717) is 55.0 Å². The predicted molar refractivity (Wildman–Crippen MR) is 186 cm³/mol. The molecule has 13 nitrogen and oxygen atoms in total. The molecule has 1 saturated heterocycles. The fourth-order valence-electron chi connectivity index (χ4n) is 6.15. The normalized spacial score (nSPS) is 16.4. The largest absolute Gasteiger partial charge is 0.505 e. The van der Waals surface area contributed by atoms with E-state index in [-0.39, 0.29) is 48.4 Å². The van der Waals surface area contributed by atoms with E-state index in [0.717, 1.165) is 0 Å². The number of nitrogens with one attached hydrogen (secondary N) is 1. The van der Waals surface area contributed by atoms with Gasteiger partial charge in [0.1, 0.15) is 28.9 Å². The lowest BCUT2D eigenvalue weighted by molar-refractivity contribution is -0.144. The highest BCUT2D eigenvalue weighted by Gasteiger charge is 2.37. The summed E-state index contributed by atoms with van der Waals surface area (Å²) in [7, 11) is -3.56. The zero-order chi connectivity index (χ0) is 36.1. The van der Waals surface area contributed by atoms with Crippen LogP contribution in [0.15, 0.2) is 72.9 Å². The molecule has 0 saturated carbocycles. The SMILES string of the molecule is CCOC(=O)[C@H](C)NP(=O)(CCN1CCN(C(=O)Oc2c3c(c(O)c4ncccc24)C(=O)N(Cc2ccc(F)cc2)C3)CC1)Oc1ccccc1. The lowest BCUT2D eigenvalue weighted by Crippen LogP contribution is -2.50. The van der Waals surface area contributed by atoms with Crippen molar-refractivity contribution in [2.75, 3.05) is 45.5 Å². The monoisotopic (exact) mass is 719 g/mol. The molecule has 2 aliphatic rings. The van der Waals surface area contributed by atoms with Crippen LogP contribution in [-0.4, -0.2) is 94.3 Å². The van der Waals surface area contributed by atoms with Crippen LogP contribution in [0.25, 0.3) is 10.9 Å². The second kappa shape index (κ2) is 15.5. The minimum atomic E-state index is -3.56. The minimum Gasteiger partial charge on any atom is -0.505 e. The van der Waals surface area contributed by atoms with Crippen molar-refractivity contribution in [2.45, 2.75) is 33.0 Å². The third kappa shape index (κ3) is 8.14. The lowest BCUT2D eigenvalue weighted by Gasteiger charge is -2.35. The van der Waals surface area contributed by atoms with Crippen LogP contribution in [0.1, 0.15) is 35.3 Å². The van der Waals surface area contributed by atoms with Gasteiger partial charge >= 0.3 is 19.6 Å². The Morgan fingerprint density at radius 2 is 1.76 bits per heavy atom. The van der Waals surface area contributed by atoms with Crippen molar-refractivity contribution in [1.82, 2.24) is 24.8 Å². The van der Waals surface area contributed by atoms with Crippen LogP contribution in [0.4, 0.5) is 9.18 Å². The Bertz CT molecular complexity index is 1960. The summed E-state index contributed by atoms with van der Waals surface area (Å²) in [6, 6.07) is 17.0. The van der Waals surface area contributed by atoms with Gasteiger partial charge in [-0.15, -0.1) is 0 Å². The van der Waals surface area contributed by atoms with Crippen molar-refractivity contribution in [2.24, 2.45) is 0 Å². The van der Waals surface area contributed by atoms with Gasteiger partial charge in [-0.3, -0.25) is 24.0 Å². The van der Waals surface area contributed by atoms with E-state index in [9.17, 15) is 28.4 Å². The van der Waals surface area contributed by atoms with Crippen molar-refractivity contribution in [3.63, 3.8) is 0 Å². The first kappa shape index (κ1) is 35.8. The van der Waals surface area contributed by atoms with Crippen molar-refractivity contribution in [1.29, 1.82) is 0 Å². The van der Waals surface area contributed by atoms with Crippen LogP contribution in [0.5, 0.6) is 17.2 Å². The molecule has 6 rings (SSSR count). The van der Waals surface area contributed by atoms with E-state index < -0.39 is 37.3 Å². The summed E-state index contributed by atoms with van der Waals surface area (Å²) in [6.45, 7) is 5.57. The molecule has 2 aliphatic heterocycles. The molecule has 1 aromatic heterocycles. The number of phenols is 1. The number of carbonyl (C=O) groups excluding carboxylic acids is 3. The van der Waals surface area contributed by atoms with Crippen molar-refractivity contribution >= 4 is 36.4 Å². The zero-order valence-corrected chi connectivity index (χ0v) is 29.2. The molecule has 15 heteroatoms. The minimum absolute atomic E-state index is 0.0176. The van der Waals surface area contributed by atoms with Gasteiger partial charge in [0, 0.05) is 56.4 Å². The van der Waals surface area contributed by atoms with E-state index in [2.05, 4.69) is 10.1 Å². The Labute approximate surface area is 294 Å². The van der Waals surface area contributed by atoms with E-state index in [4.69, 9.17) is 14.0 Å². The number of aromatic nitrogens is 1. The molecule has 51 heavy (non-hydrogen) atoms. The first-order valence-corrected chi connectivity index (χ1v) is 18.5. The van der Waals surface area contributed by atoms with Crippen LogP contribution in [0.3, 0.4) is 0 Å². The summed E-state index contributed by atoms with van der Waals surface area (Å²) in [5.74, 6) is -1.12. The third-order valence-corrected chi connectivity index (χ3v) is 10.9. The van der Waals surface area contributed by atoms with E-state index in [1.54, 1.807) is 67.3 Å². The maximum Gasteiger partial charge on any atom is 0.415 e. The number of para-hydroxylation sites is 1. The molecule has 0 aliphatic carbocycles. The van der Waals surface area contributed by atoms with Crippen molar-refractivity contribution < 1.29 is 42.4 Å². The average molecular weight is 720 g/mol. The zero-order valence-electron chi connectivity index (χ0n) is 28.3. The van der Waals surface area contributed by atoms with Crippen molar-refractivity contribution in [3.8, 4) is 17.2 Å². The second-order valence-corrected chi connectivity index (χ2v) is 14.6. The van der Waals surface area contributed by atoms with Gasteiger partial charge in [-0.2, -0.15) is 0 Å². The van der Waals surface area contributed by atoms with Crippen LogP contribution < -0.4 is 14.3 Å². The fraction of sp³-hybridized carbons (Fsp3) is 0.333. The molecule has 0 bridgehead atoms. The number of rotatable bonds is 12. The molecule has 268 valence electrons. The molecule has 4 aromatic rings. The molecule has 2 amide bonds. The number of hydrogen-bond acceptors (Lipinski definition) is 10. The van der Waals surface area contributed by atoms with Gasteiger partial charge in [-0.25, -0.2) is 14.3 Å².